The predicted molar refractivity (Wildman–Crippen MR) is 132 cm³/mol. The number of carbonyl (C=O) groups excluding carboxylic acids is 2. The maximum Gasteiger partial charge on any atom is 0.328 e. The molecule has 1 aromatic heterocycles. The number of aromatic nitrogens is 1. The van der Waals surface area contributed by atoms with Crippen molar-refractivity contribution in [2.24, 2.45) is 5.92 Å². The van der Waals surface area contributed by atoms with Crippen LogP contribution in [0, 0.1) is 5.92 Å². The SMILES string of the molecule is O=C1N(Cc2ccccn2)C(=O)C2(CCN(CC3CCCCC3)CC2)N1CCc1ccccc1. The molecule has 3 heterocycles. The molecule has 180 valence electrons. The van der Waals surface area contributed by atoms with Gasteiger partial charge in [0.1, 0.15) is 5.54 Å². The Kier molecular flexibility index (Phi) is 6.95. The van der Waals surface area contributed by atoms with Crippen LogP contribution in [0.25, 0.3) is 0 Å². The zero-order valence-corrected chi connectivity index (χ0v) is 20.1. The highest BCUT2D eigenvalue weighted by Crippen LogP contribution is 2.38. The number of amides is 3. The molecule has 2 aromatic rings. The summed E-state index contributed by atoms with van der Waals surface area (Å²) in [5, 5.41) is 0. The molecule has 1 spiro atoms. The first-order chi connectivity index (χ1) is 16.7. The molecule has 2 aliphatic heterocycles. The van der Waals surface area contributed by atoms with Crippen molar-refractivity contribution in [3.63, 3.8) is 0 Å². The van der Waals surface area contributed by atoms with Crippen molar-refractivity contribution >= 4 is 11.9 Å². The highest BCUT2D eigenvalue weighted by atomic mass is 16.2. The van der Waals surface area contributed by atoms with E-state index < -0.39 is 5.54 Å². The van der Waals surface area contributed by atoms with Crippen molar-refractivity contribution in [2.75, 3.05) is 26.2 Å². The van der Waals surface area contributed by atoms with Gasteiger partial charge in [-0.05, 0) is 55.7 Å². The van der Waals surface area contributed by atoms with Gasteiger partial charge in [0, 0.05) is 32.4 Å². The number of hydrogen-bond donors (Lipinski definition) is 0. The van der Waals surface area contributed by atoms with E-state index in [9.17, 15) is 9.59 Å². The molecule has 1 aromatic carbocycles. The van der Waals surface area contributed by atoms with Crippen molar-refractivity contribution in [2.45, 2.75) is 63.5 Å². The number of nitrogens with zero attached hydrogens (tertiary/aromatic N) is 4. The molecule has 6 nitrogen and oxygen atoms in total. The van der Waals surface area contributed by atoms with Crippen molar-refractivity contribution in [1.29, 1.82) is 0 Å². The fourth-order valence-electron chi connectivity index (χ4n) is 6.09. The topological polar surface area (TPSA) is 56.8 Å². The van der Waals surface area contributed by atoms with Gasteiger partial charge in [-0.3, -0.25) is 14.7 Å². The zero-order chi connectivity index (χ0) is 23.4. The van der Waals surface area contributed by atoms with Gasteiger partial charge in [-0.2, -0.15) is 0 Å². The largest absolute Gasteiger partial charge is 0.328 e. The summed E-state index contributed by atoms with van der Waals surface area (Å²) in [6.07, 6.45) is 10.7. The second kappa shape index (κ2) is 10.3. The highest BCUT2D eigenvalue weighted by molar-refractivity contribution is 6.07. The smallest absolute Gasteiger partial charge is 0.309 e. The predicted octanol–water partition coefficient (Wildman–Crippen LogP) is 4.50. The van der Waals surface area contributed by atoms with Crippen LogP contribution in [0.5, 0.6) is 0 Å². The van der Waals surface area contributed by atoms with Crippen LogP contribution in [-0.2, 0) is 17.8 Å². The number of imide groups is 1. The average molecular weight is 461 g/mol. The Morgan fingerprint density at radius 1 is 0.912 bits per heavy atom. The number of carbonyl (C=O) groups is 2. The minimum absolute atomic E-state index is 0.0338. The normalized spacial score (nSPS) is 21.5. The molecule has 2 saturated heterocycles. The molecule has 0 N–H and O–H groups in total. The van der Waals surface area contributed by atoms with Gasteiger partial charge >= 0.3 is 6.03 Å². The number of likely N-dealkylation sites (tertiary alicyclic amines) is 1. The number of rotatable bonds is 7. The van der Waals surface area contributed by atoms with E-state index in [4.69, 9.17) is 0 Å². The van der Waals surface area contributed by atoms with Crippen molar-refractivity contribution in [1.82, 2.24) is 19.7 Å². The van der Waals surface area contributed by atoms with Crippen LogP contribution in [0.2, 0.25) is 0 Å². The number of benzene rings is 1. The molecule has 0 radical (unpaired) electrons. The van der Waals surface area contributed by atoms with Crippen LogP contribution in [0.1, 0.15) is 56.2 Å². The lowest BCUT2D eigenvalue weighted by Gasteiger charge is -2.43. The molecule has 34 heavy (non-hydrogen) atoms. The highest BCUT2D eigenvalue weighted by Gasteiger charge is 2.57. The maximum atomic E-state index is 13.8. The van der Waals surface area contributed by atoms with E-state index in [0.29, 0.717) is 6.54 Å². The van der Waals surface area contributed by atoms with Gasteiger partial charge < -0.3 is 9.80 Å². The number of urea groups is 1. The minimum Gasteiger partial charge on any atom is -0.309 e. The summed E-state index contributed by atoms with van der Waals surface area (Å²) in [6.45, 7) is 3.72. The molecule has 1 aliphatic carbocycles. The van der Waals surface area contributed by atoms with Crippen molar-refractivity contribution in [3.05, 3.63) is 66.0 Å². The van der Waals surface area contributed by atoms with E-state index in [1.165, 1.54) is 42.6 Å². The summed E-state index contributed by atoms with van der Waals surface area (Å²) in [6, 6.07) is 15.7. The summed E-state index contributed by atoms with van der Waals surface area (Å²) in [7, 11) is 0. The lowest BCUT2D eigenvalue weighted by Crippen LogP contribution is -2.57. The third kappa shape index (κ3) is 4.74. The van der Waals surface area contributed by atoms with Gasteiger partial charge in [0.25, 0.3) is 5.91 Å². The Labute approximate surface area is 202 Å². The standard InChI is InChI=1S/C28H36N4O2/c33-26-28(15-19-30(20-16-28)21-24-11-5-2-6-12-24)32(18-14-23-9-3-1-4-10-23)27(34)31(26)22-25-13-7-8-17-29-25/h1,3-4,7-10,13,17,24H,2,5-6,11-12,14-16,18-22H2. The first-order valence-corrected chi connectivity index (χ1v) is 13.0. The molecule has 3 aliphatic rings. The second-order valence-electron chi connectivity index (χ2n) is 10.2. The van der Waals surface area contributed by atoms with E-state index >= 15 is 0 Å². The summed E-state index contributed by atoms with van der Waals surface area (Å²) in [5.74, 6) is 0.757. The first kappa shape index (κ1) is 23.0. The third-order valence-corrected chi connectivity index (χ3v) is 8.06. The monoisotopic (exact) mass is 460 g/mol. The number of hydrogen-bond acceptors (Lipinski definition) is 4. The summed E-state index contributed by atoms with van der Waals surface area (Å²) >= 11 is 0. The molecule has 0 bridgehead atoms. The second-order valence-corrected chi connectivity index (χ2v) is 10.2. The van der Waals surface area contributed by atoms with E-state index in [2.05, 4.69) is 22.0 Å². The average Bonchev–Trinajstić information content (AvgIpc) is 3.07. The lowest BCUT2D eigenvalue weighted by atomic mass is 9.84. The van der Waals surface area contributed by atoms with Gasteiger partial charge in [0.05, 0.1) is 12.2 Å². The van der Waals surface area contributed by atoms with Gasteiger partial charge in [0.15, 0.2) is 0 Å². The summed E-state index contributed by atoms with van der Waals surface area (Å²) in [5.41, 5.74) is 1.22. The Balaban J connectivity index is 1.32. The molecule has 1 saturated carbocycles. The fraction of sp³-hybridized carbons (Fsp3) is 0.536. The van der Waals surface area contributed by atoms with Gasteiger partial charge in [-0.15, -0.1) is 0 Å². The Bertz CT molecular complexity index is 966. The van der Waals surface area contributed by atoms with Crippen LogP contribution in [0.3, 0.4) is 0 Å². The molecule has 3 fully saturated rings. The Hall–Kier alpha value is -2.73. The van der Waals surface area contributed by atoms with E-state index in [-0.39, 0.29) is 18.5 Å². The van der Waals surface area contributed by atoms with E-state index in [1.807, 2.05) is 41.3 Å². The number of pyridine rings is 1. The van der Waals surface area contributed by atoms with Crippen LogP contribution in [0.4, 0.5) is 4.79 Å². The molecule has 6 heteroatoms. The Morgan fingerprint density at radius 3 is 2.35 bits per heavy atom. The molecular formula is C28H36N4O2. The van der Waals surface area contributed by atoms with Crippen LogP contribution < -0.4 is 0 Å². The fourth-order valence-corrected chi connectivity index (χ4v) is 6.09. The van der Waals surface area contributed by atoms with Gasteiger partial charge in [-0.1, -0.05) is 55.7 Å². The summed E-state index contributed by atoms with van der Waals surface area (Å²) in [4.78, 5) is 37.7. The molecule has 3 amide bonds. The lowest BCUT2D eigenvalue weighted by molar-refractivity contribution is -0.136. The quantitative estimate of drug-likeness (QED) is 0.571. The van der Waals surface area contributed by atoms with Crippen LogP contribution >= 0.6 is 0 Å². The molecule has 0 unspecified atom stereocenters. The number of piperidine rings is 1. The Morgan fingerprint density at radius 2 is 1.65 bits per heavy atom. The maximum absolute atomic E-state index is 13.8. The molecular weight excluding hydrogens is 424 g/mol. The van der Waals surface area contributed by atoms with Crippen molar-refractivity contribution < 1.29 is 9.59 Å². The van der Waals surface area contributed by atoms with E-state index in [1.54, 1.807) is 6.20 Å². The van der Waals surface area contributed by atoms with Crippen molar-refractivity contribution in [3.8, 4) is 0 Å². The van der Waals surface area contributed by atoms with Crippen LogP contribution in [0.15, 0.2) is 54.7 Å². The van der Waals surface area contributed by atoms with E-state index in [0.717, 1.165) is 50.5 Å². The zero-order valence-electron chi connectivity index (χ0n) is 20.1. The molecule has 5 rings (SSSR count). The van der Waals surface area contributed by atoms with Crippen LogP contribution in [-0.4, -0.2) is 63.3 Å². The molecule has 0 atom stereocenters. The summed E-state index contributed by atoms with van der Waals surface area (Å²) < 4.78 is 0. The first-order valence-electron chi connectivity index (χ1n) is 13.0. The minimum atomic E-state index is -0.719. The van der Waals surface area contributed by atoms with Gasteiger partial charge in [-0.25, -0.2) is 4.79 Å². The van der Waals surface area contributed by atoms with Gasteiger partial charge in [0.2, 0.25) is 0 Å². The third-order valence-electron chi connectivity index (χ3n) is 8.06.